The second-order valence-electron chi connectivity index (χ2n) is 6.88. The number of benzene rings is 3. The first-order valence-corrected chi connectivity index (χ1v) is 11.0. The van der Waals surface area contributed by atoms with Crippen LogP contribution < -0.4 is 10.7 Å². The van der Waals surface area contributed by atoms with Crippen molar-refractivity contribution in [3.05, 3.63) is 100 Å². The average Bonchev–Trinajstić information content (AvgIpc) is 3.25. The fraction of sp³-hybridized carbons (Fsp3) is 0. The van der Waals surface area contributed by atoms with Crippen LogP contribution in [-0.2, 0) is 9.59 Å². The van der Waals surface area contributed by atoms with Gasteiger partial charge in [-0.15, -0.1) is 0 Å². The first kappa shape index (κ1) is 22.4. The monoisotopic (exact) mass is 521 g/mol. The molecular formula is C24H17BrClN5O2. The molecule has 0 radical (unpaired) electrons. The number of carbonyl (C=O) groups is 2. The Morgan fingerprint density at radius 2 is 1.64 bits per heavy atom. The zero-order valence-corrected chi connectivity index (χ0v) is 19.4. The molecule has 1 heterocycles. The number of hydrogen-bond donors (Lipinski definition) is 2. The lowest BCUT2D eigenvalue weighted by Gasteiger charge is -2.03. The standard InChI is InChI=1S/C24H17BrClN5O2/c25-18-8-6-16(7-9-18)22-17(15-31(30-22)21-4-2-1-3-5-21)14-27-29-24(33)23(32)28-20-12-10-19(26)11-13-20/h1-15H,(H,28,32)(H,29,33)/b27-14+. The Morgan fingerprint density at radius 1 is 0.939 bits per heavy atom. The maximum atomic E-state index is 12.1. The molecule has 7 nitrogen and oxygen atoms in total. The quantitative estimate of drug-likeness (QED) is 0.219. The van der Waals surface area contributed by atoms with E-state index in [0.29, 0.717) is 22.0 Å². The molecule has 0 spiro atoms. The molecule has 0 saturated carbocycles. The van der Waals surface area contributed by atoms with E-state index < -0.39 is 11.8 Å². The van der Waals surface area contributed by atoms with Crippen molar-refractivity contribution in [1.29, 1.82) is 0 Å². The van der Waals surface area contributed by atoms with Crippen LogP contribution in [-0.4, -0.2) is 27.8 Å². The SMILES string of the molecule is O=C(N/N=C/c1cn(-c2ccccc2)nc1-c1ccc(Br)cc1)C(=O)Nc1ccc(Cl)cc1. The van der Waals surface area contributed by atoms with Crippen LogP contribution in [0.4, 0.5) is 5.69 Å². The summed E-state index contributed by atoms with van der Waals surface area (Å²) in [6.45, 7) is 0. The molecule has 9 heteroatoms. The number of hydrogen-bond acceptors (Lipinski definition) is 4. The van der Waals surface area contributed by atoms with E-state index in [1.165, 1.54) is 6.21 Å². The van der Waals surface area contributed by atoms with Crippen LogP contribution in [0.3, 0.4) is 0 Å². The Labute approximate surface area is 203 Å². The van der Waals surface area contributed by atoms with E-state index in [1.807, 2.05) is 54.6 Å². The van der Waals surface area contributed by atoms with Gasteiger partial charge in [0, 0.05) is 32.5 Å². The highest BCUT2D eigenvalue weighted by atomic mass is 79.9. The van der Waals surface area contributed by atoms with Gasteiger partial charge in [0.1, 0.15) is 5.69 Å². The third kappa shape index (κ3) is 5.74. The minimum Gasteiger partial charge on any atom is -0.318 e. The zero-order valence-electron chi connectivity index (χ0n) is 17.1. The summed E-state index contributed by atoms with van der Waals surface area (Å²) in [6, 6.07) is 23.7. The topological polar surface area (TPSA) is 88.4 Å². The van der Waals surface area contributed by atoms with Crippen LogP contribution in [0.1, 0.15) is 5.56 Å². The molecule has 3 aromatic carbocycles. The second kappa shape index (κ2) is 10.2. The van der Waals surface area contributed by atoms with Crippen molar-refractivity contribution in [2.75, 3.05) is 5.32 Å². The lowest BCUT2D eigenvalue weighted by molar-refractivity contribution is -0.136. The van der Waals surface area contributed by atoms with E-state index >= 15 is 0 Å². The number of para-hydroxylation sites is 1. The van der Waals surface area contributed by atoms with Crippen LogP contribution in [0.25, 0.3) is 16.9 Å². The second-order valence-corrected chi connectivity index (χ2v) is 8.23. The highest BCUT2D eigenvalue weighted by Crippen LogP contribution is 2.24. The van der Waals surface area contributed by atoms with E-state index in [9.17, 15) is 9.59 Å². The summed E-state index contributed by atoms with van der Waals surface area (Å²) in [4.78, 5) is 24.2. The molecule has 4 aromatic rings. The van der Waals surface area contributed by atoms with Crippen molar-refractivity contribution in [3.8, 4) is 16.9 Å². The van der Waals surface area contributed by atoms with Gasteiger partial charge in [0.15, 0.2) is 0 Å². The van der Waals surface area contributed by atoms with Crippen molar-refractivity contribution >= 4 is 51.2 Å². The van der Waals surface area contributed by atoms with E-state index in [1.54, 1.807) is 35.1 Å². The molecule has 0 aliphatic rings. The average molecular weight is 523 g/mol. The minimum absolute atomic E-state index is 0.449. The van der Waals surface area contributed by atoms with E-state index in [2.05, 4.69) is 36.9 Å². The lowest BCUT2D eigenvalue weighted by atomic mass is 10.1. The molecule has 164 valence electrons. The van der Waals surface area contributed by atoms with E-state index in [-0.39, 0.29) is 0 Å². The van der Waals surface area contributed by atoms with Gasteiger partial charge in [0.25, 0.3) is 0 Å². The molecule has 1 aromatic heterocycles. The van der Waals surface area contributed by atoms with Crippen molar-refractivity contribution in [1.82, 2.24) is 15.2 Å². The molecule has 33 heavy (non-hydrogen) atoms. The van der Waals surface area contributed by atoms with Crippen molar-refractivity contribution in [2.45, 2.75) is 0 Å². The summed E-state index contributed by atoms with van der Waals surface area (Å²) in [6.07, 6.45) is 3.26. The predicted molar refractivity (Wildman–Crippen MR) is 133 cm³/mol. The third-order valence-corrected chi connectivity index (χ3v) is 5.34. The summed E-state index contributed by atoms with van der Waals surface area (Å²) in [5.74, 6) is -1.75. The Bertz CT molecular complexity index is 1300. The maximum Gasteiger partial charge on any atom is 0.329 e. The van der Waals surface area contributed by atoms with Gasteiger partial charge in [0.05, 0.1) is 11.9 Å². The van der Waals surface area contributed by atoms with Gasteiger partial charge in [-0.05, 0) is 48.5 Å². The summed E-state index contributed by atoms with van der Waals surface area (Å²) in [5.41, 5.74) is 5.79. The number of nitrogens with zero attached hydrogens (tertiary/aromatic N) is 3. The van der Waals surface area contributed by atoms with Crippen LogP contribution in [0.5, 0.6) is 0 Å². The summed E-state index contributed by atoms with van der Waals surface area (Å²) < 4.78 is 2.68. The predicted octanol–water partition coefficient (Wildman–Crippen LogP) is 5.04. The Balaban J connectivity index is 1.52. The van der Waals surface area contributed by atoms with Crippen LogP contribution >= 0.6 is 27.5 Å². The number of hydrazone groups is 1. The lowest BCUT2D eigenvalue weighted by Crippen LogP contribution is -2.32. The summed E-state index contributed by atoms with van der Waals surface area (Å²) >= 11 is 9.26. The number of carbonyl (C=O) groups excluding carboxylic acids is 2. The molecular weight excluding hydrogens is 506 g/mol. The molecule has 4 rings (SSSR count). The number of halogens is 2. The van der Waals surface area contributed by atoms with E-state index in [0.717, 1.165) is 15.7 Å². The molecule has 0 aliphatic carbocycles. The Hall–Kier alpha value is -3.75. The molecule has 0 bridgehead atoms. The minimum atomic E-state index is -0.901. The fourth-order valence-electron chi connectivity index (χ4n) is 2.96. The molecule has 2 amide bonds. The largest absolute Gasteiger partial charge is 0.329 e. The Kier molecular flexibility index (Phi) is 6.97. The van der Waals surface area contributed by atoms with Crippen LogP contribution in [0.2, 0.25) is 5.02 Å². The molecule has 0 saturated heterocycles. The number of anilines is 1. The number of nitrogens with one attached hydrogen (secondary N) is 2. The third-order valence-electron chi connectivity index (χ3n) is 4.56. The van der Waals surface area contributed by atoms with Gasteiger partial charge in [-0.25, -0.2) is 10.1 Å². The van der Waals surface area contributed by atoms with Gasteiger partial charge in [-0.2, -0.15) is 10.2 Å². The zero-order chi connectivity index (χ0) is 23.2. The molecule has 2 N–H and O–H groups in total. The number of rotatable bonds is 5. The van der Waals surface area contributed by atoms with Gasteiger partial charge in [0.2, 0.25) is 0 Å². The summed E-state index contributed by atoms with van der Waals surface area (Å²) in [7, 11) is 0. The molecule has 0 unspecified atom stereocenters. The van der Waals surface area contributed by atoms with Crippen molar-refractivity contribution in [3.63, 3.8) is 0 Å². The van der Waals surface area contributed by atoms with Crippen molar-refractivity contribution < 1.29 is 9.59 Å². The fourth-order valence-corrected chi connectivity index (χ4v) is 3.35. The number of aromatic nitrogens is 2. The number of amides is 2. The first-order chi connectivity index (χ1) is 16.0. The smallest absolute Gasteiger partial charge is 0.318 e. The Morgan fingerprint density at radius 3 is 2.33 bits per heavy atom. The van der Waals surface area contributed by atoms with Crippen LogP contribution in [0, 0.1) is 0 Å². The molecule has 0 atom stereocenters. The maximum absolute atomic E-state index is 12.1. The van der Waals surface area contributed by atoms with Crippen molar-refractivity contribution in [2.24, 2.45) is 5.10 Å². The van der Waals surface area contributed by atoms with E-state index in [4.69, 9.17) is 11.6 Å². The molecule has 0 aliphatic heterocycles. The van der Waals surface area contributed by atoms with Gasteiger partial charge < -0.3 is 5.32 Å². The normalized spacial score (nSPS) is 10.8. The van der Waals surface area contributed by atoms with Gasteiger partial charge in [-0.1, -0.05) is 57.9 Å². The highest BCUT2D eigenvalue weighted by Gasteiger charge is 2.14. The summed E-state index contributed by atoms with van der Waals surface area (Å²) in [5, 5.41) is 11.7. The molecule has 0 fully saturated rings. The highest BCUT2D eigenvalue weighted by molar-refractivity contribution is 9.10. The van der Waals surface area contributed by atoms with Gasteiger partial charge in [-0.3, -0.25) is 9.59 Å². The van der Waals surface area contributed by atoms with Crippen LogP contribution in [0.15, 0.2) is 94.6 Å². The van der Waals surface area contributed by atoms with Gasteiger partial charge >= 0.3 is 11.8 Å². The first-order valence-electron chi connectivity index (χ1n) is 9.80.